The van der Waals surface area contributed by atoms with Crippen molar-refractivity contribution in [1.29, 1.82) is 0 Å². The average Bonchev–Trinajstić information content (AvgIpc) is 3.52. The van der Waals surface area contributed by atoms with Crippen LogP contribution in [-0.2, 0) is 5.41 Å². The van der Waals surface area contributed by atoms with E-state index in [0.717, 1.165) is 55.4 Å². The second-order valence-corrected chi connectivity index (χ2v) is 13.8. The molecule has 1 N–H and O–H groups in total. The van der Waals surface area contributed by atoms with Crippen LogP contribution in [0.25, 0.3) is 72.4 Å². The number of phenols is 1. The molecule has 0 aliphatic heterocycles. The van der Waals surface area contributed by atoms with Crippen LogP contribution in [0.1, 0.15) is 31.9 Å². The Labute approximate surface area is 287 Å². The van der Waals surface area contributed by atoms with Crippen LogP contribution in [0.15, 0.2) is 146 Å². The summed E-state index contributed by atoms with van der Waals surface area (Å²) in [5, 5.41) is 12.2. The van der Waals surface area contributed by atoms with Crippen LogP contribution in [0.3, 0.4) is 0 Å². The number of pyridine rings is 1. The number of fused-ring (bicyclic) bond motifs is 2. The maximum atomic E-state index is 11.1. The molecule has 0 saturated carbocycles. The monoisotopic (exact) mass is 635 g/mol. The highest BCUT2D eigenvalue weighted by molar-refractivity contribution is 6.03. The molecule has 0 aliphatic carbocycles. The predicted molar refractivity (Wildman–Crippen MR) is 203 cm³/mol. The molecule has 4 nitrogen and oxygen atoms in total. The van der Waals surface area contributed by atoms with Gasteiger partial charge in [-0.3, -0.25) is 9.55 Å². The van der Waals surface area contributed by atoms with E-state index in [2.05, 4.69) is 135 Å². The highest BCUT2D eigenvalue weighted by atomic mass is 16.3. The third kappa shape index (κ3) is 5.45. The van der Waals surface area contributed by atoms with Gasteiger partial charge in [0.2, 0.25) is 0 Å². The van der Waals surface area contributed by atoms with Gasteiger partial charge in [-0.1, -0.05) is 123 Å². The van der Waals surface area contributed by atoms with Crippen molar-refractivity contribution in [1.82, 2.24) is 14.5 Å². The van der Waals surface area contributed by atoms with Crippen LogP contribution in [0.5, 0.6) is 5.75 Å². The van der Waals surface area contributed by atoms with Gasteiger partial charge in [0, 0.05) is 28.4 Å². The lowest BCUT2D eigenvalue weighted by molar-refractivity contribution is 0.476. The third-order valence-corrected chi connectivity index (χ3v) is 9.41. The molecule has 4 heteroatoms. The topological polar surface area (TPSA) is 50.9 Å². The summed E-state index contributed by atoms with van der Waals surface area (Å²) in [5.41, 5.74) is 13.5. The fourth-order valence-electron chi connectivity index (χ4n) is 6.84. The van der Waals surface area contributed by atoms with Crippen molar-refractivity contribution < 1.29 is 5.11 Å². The van der Waals surface area contributed by atoms with Crippen molar-refractivity contribution in [2.75, 3.05) is 0 Å². The zero-order valence-electron chi connectivity index (χ0n) is 28.1. The van der Waals surface area contributed by atoms with E-state index in [1.165, 1.54) is 16.7 Å². The first kappa shape index (κ1) is 30.3. The molecule has 8 aromatic rings. The smallest absolute Gasteiger partial charge is 0.149 e. The number of phenolic OH excluding ortho intramolecular Hbond substituents is 1. The molecule has 238 valence electrons. The van der Waals surface area contributed by atoms with Crippen LogP contribution in [0, 0.1) is 6.92 Å². The summed E-state index contributed by atoms with van der Waals surface area (Å²) in [5.74, 6) is 0.908. The van der Waals surface area contributed by atoms with Gasteiger partial charge in [-0.05, 0) is 82.6 Å². The van der Waals surface area contributed by atoms with Crippen LogP contribution in [0.2, 0.25) is 0 Å². The molecule has 8 rings (SSSR count). The Balaban J connectivity index is 1.31. The molecule has 2 aromatic heterocycles. The standard InChI is InChI=1S/C45H37N3O/c1-29-18-25-41(49)39(27-29)44-47-43-36(15-9-17-40(43)48(44)34-21-19-33(20-22-34)45(2,3)4)31-13-8-14-32(28-31)37-24-23-35(30-11-6-5-7-12-30)38-16-10-26-46-42(37)38/h5-28,49H,1-4H3. The average molecular weight is 636 g/mol. The summed E-state index contributed by atoms with van der Waals surface area (Å²) in [6.45, 7) is 8.71. The third-order valence-electron chi connectivity index (χ3n) is 9.41. The van der Waals surface area contributed by atoms with Crippen molar-refractivity contribution in [2.24, 2.45) is 0 Å². The number of hydrogen-bond acceptors (Lipinski definition) is 3. The molecule has 2 heterocycles. The molecule has 0 atom stereocenters. The zero-order valence-corrected chi connectivity index (χ0v) is 28.1. The van der Waals surface area contributed by atoms with E-state index in [1.54, 1.807) is 6.07 Å². The van der Waals surface area contributed by atoms with Crippen molar-refractivity contribution in [3.63, 3.8) is 0 Å². The fourth-order valence-corrected chi connectivity index (χ4v) is 6.84. The number of aromatic hydroxyl groups is 1. The minimum Gasteiger partial charge on any atom is -0.507 e. The Morgan fingerprint density at radius 2 is 1.27 bits per heavy atom. The largest absolute Gasteiger partial charge is 0.507 e. The van der Waals surface area contributed by atoms with E-state index in [4.69, 9.17) is 9.97 Å². The van der Waals surface area contributed by atoms with E-state index in [1.807, 2.05) is 37.4 Å². The molecule has 0 radical (unpaired) electrons. The van der Waals surface area contributed by atoms with E-state index >= 15 is 0 Å². The normalized spacial score (nSPS) is 11.8. The molecule has 6 aromatic carbocycles. The molecule has 0 unspecified atom stereocenters. The van der Waals surface area contributed by atoms with Gasteiger partial charge in [-0.25, -0.2) is 4.98 Å². The first-order chi connectivity index (χ1) is 23.8. The first-order valence-corrected chi connectivity index (χ1v) is 16.7. The van der Waals surface area contributed by atoms with Crippen molar-refractivity contribution in [3.8, 4) is 56.2 Å². The number of para-hydroxylation sites is 1. The number of aromatic nitrogens is 3. The van der Waals surface area contributed by atoms with Gasteiger partial charge in [0.15, 0.2) is 0 Å². The molecule has 0 bridgehead atoms. The quantitative estimate of drug-likeness (QED) is 0.205. The molecular formula is C45H37N3O. The summed E-state index contributed by atoms with van der Waals surface area (Å²) in [6, 6.07) is 48.4. The Hall–Kier alpha value is -6.00. The van der Waals surface area contributed by atoms with Crippen LogP contribution < -0.4 is 0 Å². The van der Waals surface area contributed by atoms with Crippen molar-refractivity contribution >= 4 is 21.9 Å². The second kappa shape index (κ2) is 11.9. The lowest BCUT2D eigenvalue weighted by atomic mass is 9.87. The van der Waals surface area contributed by atoms with Gasteiger partial charge in [-0.15, -0.1) is 0 Å². The summed E-state index contributed by atoms with van der Waals surface area (Å²) >= 11 is 0. The maximum absolute atomic E-state index is 11.1. The van der Waals surface area contributed by atoms with E-state index in [9.17, 15) is 5.11 Å². The number of aryl methyl sites for hydroxylation is 1. The van der Waals surface area contributed by atoms with Crippen LogP contribution in [-0.4, -0.2) is 19.6 Å². The number of nitrogens with zero attached hydrogens (tertiary/aromatic N) is 3. The Bertz CT molecular complexity index is 2490. The number of imidazole rings is 1. The summed E-state index contributed by atoms with van der Waals surface area (Å²) in [6.07, 6.45) is 1.87. The summed E-state index contributed by atoms with van der Waals surface area (Å²) in [7, 11) is 0. The van der Waals surface area contributed by atoms with Gasteiger partial charge < -0.3 is 5.11 Å². The fraction of sp³-hybridized carbons (Fsp3) is 0.111. The summed E-state index contributed by atoms with van der Waals surface area (Å²) < 4.78 is 2.17. The van der Waals surface area contributed by atoms with E-state index in [-0.39, 0.29) is 11.2 Å². The number of rotatable bonds is 5. The lowest BCUT2D eigenvalue weighted by Gasteiger charge is -2.20. The lowest BCUT2D eigenvalue weighted by Crippen LogP contribution is -2.11. The highest BCUT2D eigenvalue weighted by Gasteiger charge is 2.21. The van der Waals surface area contributed by atoms with Gasteiger partial charge in [0.25, 0.3) is 0 Å². The van der Waals surface area contributed by atoms with E-state index in [0.29, 0.717) is 11.4 Å². The van der Waals surface area contributed by atoms with Crippen molar-refractivity contribution in [3.05, 3.63) is 157 Å². The molecule has 0 saturated heterocycles. The van der Waals surface area contributed by atoms with Crippen molar-refractivity contribution in [2.45, 2.75) is 33.1 Å². The van der Waals surface area contributed by atoms with E-state index < -0.39 is 0 Å². The van der Waals surface area contributed by atoms with Gasteiger partial charge in [0.1, 0.15) is 11.6 Å². The van der Waals surface area contributed by atoms with Gasteiger partial charge in [0.05, 0.1) is 22.1 Å². The Morgan fingerprint density at radius 3 is 2.02 bits per heavy atom. The molecular weight excluding hydrogens is 599 g/mol. The molecule has 49 heavy (non-hydrogen) atoms. The molecule has 0 fully saturated rings. The first-order valence-electron chi connectivity index (χ1n) is 16.7. The number of hydrogen-bond donors (Lipinski definition) is 1. The molecule has 0 aliphatic rings. The Morgan fingerprint density at radius 1 is 0.571 bits per heavy atom. The predicted octanol–water partition coefficient (Wildman–Crippen LogP) is 11.6. The minimum absolute atomic E-state index is 0.0358. The SMILES string of the molecule is Cc1ccc(O)c(-c2nc3c(-c4cccc(-c5ccc(-c6ccccc6)c6cccnc56)c4)cccc3n2-c2ccc(C(C)(C)C)cc2)c1. The van der Waals surface area contributed by atoms with Crippen LogP contribution in [0.4, 0.5) is 0 Å². The molecule has 0 amide bonds. The zero-order chi connectivity index (χ0) is 33.7. The molecule has 0 spiro atoms. The van der Waals surface area contributed by atoms with Gasteiger partial charge >= 0.3 is 0 Å². The summed E-state index contributed by atoms with van der Waals surface area (Å²) in [4.78, 5) is 10.2. The second-order valence-electron chi connectivity index (χ2n) is 13.8. The van der Waals surface area contributed by atoms with Gasteiger partial charge in [-0.2, -0.15) is 0 Å². The Kier molecular flexibility index (Phi) is 7.37. The number of benzene rings is 6. The van der Waals surface area contributed by atoms with Crippen LogP contribution >= 0.6 is 0 Å². The minimum atomic E-state index is 0.0358. The maximum Gasteiger partial charge on any atom is 0.149 e. The highest BCUT2D eigenvalue weighted by Crippen LogP contribution is 2.40.